The molecule has 0 aromatic carbocycles. The SMILES string of the molecule is C=C1C2=CC=C1C2=C. The summed E-state index contributed by atoms with van der Waals surface area (Å²) in [7, 11) is 0. The standard InChI is InChI=1S/C8H6/c1-5-7-3-4-8(5)6(7)2/h3-4H,1-2H2. The van der Waals surface area contributed by atoms with Gasteiger partial charge < -0.3 is 0 Å². The molecule has 2 bridgehead atoms. The summed E-state index contributed by atoms with van der Waals surface area (Å²) in [5, 5.41) is 0. The van der Waals surface area contributed by atoms with Crippen LogP contribution in [-0.4, -0.2) is 0 Å². The van der Waals surface area contributed by atoms with Gasteiger partial charge in [0.05, 0.1) is 0 Å². The van der Waals surface area contributed by atoms with Gasteiger partial charge >= 0.3 is 0 Å². The Morgan fingerprint density at radius 2 is 1.25 bits per heavy atom. The van der Waals surface area contributed by atoms with Crippen molar-refractivity contribution >= 4 is 0 Å². The summed E-state index contributed by atoms with van der Waals surface area (Å²) >= 11 is 0. The second kappa shape index (κ2) is 0.873. The monoisotopic (exact) mass is 102 g/mol. The highest BCUT2D eigenvalue weighted by Crippen LogP contribution is 2.46. The molecule has 3 aliphatic rings. The minimum Gasteiger partial charge on any atom is -0.0905 e. The second-order valence-corrected chi connectivity index (χ2v) is 2.12. The molecule has 0 atom stereocenters. The van der Waals surface area contributed by atoms with E-state index in [1.807, 2.05) is 0 Å². The van der Waals surface area contributed by atoms with Crippen molar-refractivity contribution in [3.63, 3.8) is 0 Å². The largest absolute Gasteiger partial charge is 0.0905 e. The average molecular weight is 102 g/mol. The van der Waals surface area contributed by atoms with Crippen molar-refractivity contribution in [3.8, 4) is 0 Å². The van der Waals surface area contributed by atoms with Gasteiger partial charge in [-0.15, -0.1) is 0 Å². The van der Waals surface area contributed by atoms with Gasteiger partial charge in [0, 0.05) is 0 Å². The van der Waals surface area contributed by atoms with Crippen molar-refractivity contribution in [2.45, 2.75) is 0 Å². The average Bonchev–Trinajstić information content (AvgIpc) is 2.26. The van der Waals surface area contributed by atoms with Gasteiger partial charge in [0.25, 0.3) is 0 Å². The summed E-state index contributed by atoms with van der Waals surface area (Å²) in [6.45, 7) is 7.68. The van der Waals surface area contributed by atoms with Crippen molar-refractivity contribution in [1.29, 1.82) is 0 Å². The maximum atomic E-state index is 3.84. The first-order chi connectivity index (χ1) is 3.80. The molecular formula is C8H6. The lowest BCUT2D eigenvalue weighted by Crippen LogP contribution is -2.04. The molecule has 0 aromatic heterocycles. The van der Waals surface area contributed by atoms with Crippen LogP contribution in [0, 0.1) is 0 Å². The molecule has 3 aliphatic carbocycles. The van der Waals surface area contributed by atoms with E-state index in [2.05, 4.69) is 25.3 Å². The third-order valence-corrected chi connectivity index (χ3v) is 1.72. The lowest BCUT2D eigenvalue weighted by Gasteiger charge is -2.21. The van der Waals surface area contributed by atoms with Crippen LogP contribution in [0.15, 0.2) is 47.6 Å². The van der Waals surface area contributed by atoms with Gasteiger partial charge in [-0.2, -0.15) is 0 Å². The summed E-state index contributed by atoms with van der Waals surface area (Å²) in [5.74, 6) is 0. The molecule has 0 nitrogen and oxygen atoms in total. The van der Waals surface area contributed by atoms with Gasteiger partial charge in [0.2, 0.25) is 0 Å². The van der Waals surface area contributed by atoms with E-state index in [-0.39, 0.29) is 0 Å². The maximum Gasteiger partial charge on any atom is -0.0111 e. The Balaban J connectivity index is 2.72. The molecule has 38 valence electrons. The van der Waals surface area contributed by atoms with Gasteiger partial charge in [-0.1, -0.05) is 25.3 Å². The third-order valence-electron chi connectivity index (χ3n) is 1.72. The molecule has 0 N–H and O–H groups in total. The quantitative estimate of drug-likeness (QED) is 0.438. The Kier molecular flexibility index (Phi) is 0.426. The van der Waals surface area contributed by atoms with E-state index >= 15 is 0 Å². The fourth-order valence-corrected chi connectivity index (χ4v) is 1.16. The highest BCUT2D eigenvalue weighted by atomic mass is 14.3. The summed E-state index contributed by atoms with van der Waals surface area (Å²) < 4.78 is 0. The van der Waals surface area contributed by atoms with Crippen molar-refractivity contribution in [2.24, 2.45) is 0 Å². The summed E-state index contributed by atoms with van der Waals surface area (Å²) in [6, 6.07) is 0. The molecule has 0 radical (unpaired) electrons. The van der Waals surface area contributed by atoms with E-state index in [0.29, 0.717) is 0 Å². The van der Waals surface area contributed by atoms with E-state index in [9.17, 15) is 0 Å². The lowest BCUT2D eigenvalue weighted by atomic mass is 9.82. The normalized spacial score (nSPS) is 22.5. The van der Waals surface area contributed by atoms with Crippen LogP contribution in [0.4, 0.5) is 0 Å². The van der Waals surface area contributed by atoms with Gasteiger partial charge in [0.1, 0.15) is 0 Å². The molecule has 0 aliphatic heterocycles. The van der Waals surface area contributed by atoms with E-state index < -0.39 is 0 Å². The number of fused-ring (bicyclic) bond motifs is 1. The topological polar surface area (TPSA) is 0 Å². The van der Waals surface area contributed by atoms with Crippen LogP contribution < -0.4 is 0 Å². The van der Waals surface area contributed by atoms with Crippen LogP contribution in [0.1, 0.15) is 0 Å². The number of hydrogen-bond donors (Lipinski definition) is 0. The predicted molar refractivity (Wildman–Crippen MR) is 34.4 cm³/mol. The number of rotatable bonds is 0. The van der Waals surface area contributed by atoms with E-state index in [1.165, 1.54) is 22.3 Å². The first-order valence-electron chi connectivity index (χ1n) is 2.62. The lowest BCUT2D eigenvalue weighted by molar-refractivity contribution is 1.32. The minimum atomic E-state index is 1.18. The highest BCUT2D eigenvalue weighted by Gasteiger charge is 2.28. The van der Waals surface area contributed by atoms with Gasteiger partial charge in [-0.05, 0) is 22.3 Å². The second-order valence-electron chi connectivity index (χ2n) is 2.12. The summed E-state index contributed by atoms with van der Waals surface area (Å²) in [5.41, 5.74) is 4.85. The summed E-state index contributed by atoms with van der Waals surface area (Å²) in [4.78, 5) is 0. The van der Waals surface area contributed by atoms with E-state index in [4.69, 9.17) is 0 Å². The molecule has 8 heavy (non-hydrogen) atoms. The van der Waals surface area contributed by atoms with Crippen LogP contribution in [-0.2, 0) is 0 Å². The number of allylic oxidation sites excluding steroid dienone is 6. The van der Waals surface area contributed by atoms with Crippen molar-refractivity contribution in [1.82, 2.24) is 0 Å². The third kappa shape index (κ3) is 0.195. The maximum absolute atomic E-state index is 3.84. The Morgan fingerprint density at radius 1 is 0.875 bits per heavy atom. The first-order valence-corrected chi connectivity index (χ1v) is 2.62. The van der Waals surface area contributed by atoms with E-state index in [0.717, 1.165) is 0 Å². The molecule has 0 amide bonds. The Bertz CT molecular complexity index is 205. The zero-order valence-corrected chi connectivity index (χ0v) is 4.57. The zero-order chi connectivity index (χ0) is 5.72. The number of hydrogen-bond acceptors (Lipinski definition) is 0. The molecule has 0 saturated heterocycles. The Labute approximate surface area is 48.5 Å². The van der Waals surface area contributed by atoms with Crippen LogP contribution in [0.2, 0.25) is 0 Å². The van der Waals surface area contributed by atoms with Crippen molar-refractivity contribution in [2.75, 3.05) is 0 Å². The zero-order valence-electron chi connectivity index (χ0n) is 4.57. The summed E-state index contributed by atoms with van der Waals surface area (Å²) in [6.07, 6.45) is 4.14. The van der Waals surface area contributed by atoms with Crippen LogP contribution in [0.3, 0.4) is 0 Å². The van der Waals surface area contributed by atoms with Crippen molar-refractivity contribution < 1.29 is 0 Å². The molecule has 0 spiro atoms. The Hall–Kier alpha value is -1.04. The van der Waals surface area contributed by atoms with Crippen LogP contribution >= 0.6 is 0 Å². The molecule has 3 rings (SSSR count). The van der Waals surface area contributed by atoms with E-state index in [1.54, 1.807) is 0 Å². The van der Waals surface area contributed by atoms with Crippen LogP contribution in [0.5, 0.6) is 0 Å². The van der Waals surface area contributed by atoms with Gasteiger partial charge in [-0.3, -0.25) is 0 Å². The van der Waals surface area contributed by atoms with Crippen molar-refractivity contribution in [3.05, 3.63) is 47.6 Å². The van der Waals surface area contributed by atoms with Gasteiger partial charge in [-0.25, -0.2) is 0 Å². The van der Waals surface area contributed by atoms with Gasteiger partial charge in [0.15, 0.2) is 0 Å². The molecule has 0 aromatic rings. The molecule has 1 saturated carbocycles. The molecule has 0 unspecified atom stereocenters. The highest BCUT2D eigenvalue weighted by molar-refractivity contribution is 5.82. The molecule has 0 heterocycles. The Morgan fingerprint density at radius 3 is 1.38 bits per heavy atom. The minimum absolute atomic E-state index is 1.18. The smallest absolute Gasteiger partial charge is 0.0111 e. The molecule has 1 fully saturated rings. The fraction of sp³-hybridized carbons (Fsp3) is 0. The predicted octanol–water partition coefficient (Wildman–Crippen LogP) is 1.98. The molecule has 0 heteroatoms. The first kappa shape index (κ1) is 3.90. The fourth-order valence-electron chi connectivity index (χ4n) is 1.16. The molecular weight excluding hydrogens is 96.1 g/mol. The van der Waals surface area contributed by atoms with Crippen LogP contribution in [0.25, 0.3) is 0 Å².